The van der Waals surface area contributed by atoms with Gasteiger partial charge in [-0.15, -0.1) is 0 Å². The van der Waals surface area contributed by atoms with Crippen molar-refractivity contribution in [3.05, 3.63) is 22.2 Å². The van der Waals surface area contributed by atoms with E-state index in [9.17, 15) is 10.1 Å². The average Bonchev–Trinajstić information content (AvgIpc) is 2.30. The highest BCUT2D eigenvalue weighted by molar-refractivity contribution is 5.34. The Morgan fingerprint density at radius 2 is 2.00 bits per heavy atom. The molecule has 5 nitrogen and oxygen atoms in total. The predicted octanol–water partition coefficient (Wildman–Crippen LogP) is 1.38. The Morgan fingerprint density at radius 1 is 1.42 bits per heavy atom. The molecule has 0 unspecified atom stereocenters. The van der Waals surface area contributed by atoms with Crippen LogP contribution in [0.1, 0.15) is 0 Å². The lowest BCUT2D eigenvalue weighted by molar-refractivity contribution is -0.402. The van der Waals surface area contributed by atoms with Crippen molar-refractivity contribution in [3.63, 3.8) is 0 Å². The maximum atomic E-state index is 10.2. The van der Waals surface area contributed by atoms with Crippen LogP contribution in [0, 0.1) is 10.1 Å². The Labute approximate surface area is 69.9 Å². The maximum absolute atomic E-state index is 10.2. The maximum Gasteiger partial charge on any atom is 0.437 e. The topological polar surface area (TPSA) is 56.3 Å². The normalized spacial score (nSPS) is 11.6. The minimum atomic E-state index is -0.542. The molecule has 0 aliphatic rings. The van der Waals surface area contributed by atoms with Crippen molar-refractivity contribution in [3.8, 4) is 0 Å². The lowest BCUT2D eigenvalue weighted by atomic mass is 10.5. The summed E-state index contributed by atoms with van der Waals surface area (Å²) in [6.07, 6.45) is 0. The third-order valence-corrected chi connectivity index (χ3v) is 1.42. The van der Waals surface area contributed by atoms with Gasteiger partial charge in [0.15, 0.2) is 0 Å². The number of furan rings is 1. The molecule has 1 heterocycles. The smallest absolute Gasteiger partial charge is 0.353 e. The van der Waals surface area contributed by atoms with Gasteiger partial charge < -0.3 is 4.42 Å². The van der Waals surface area contributed by atoms with Crippen molar-refractivity contribution in [2.24, 2.45) is 0 Å². The summed E-state index contributed by atoms with van der Waals surface area (Å²) in [5, 5.41) is 10.2. The molecule has 0 atom stereocenters. The molecule has 0 saturated heterocycles. The number of rotatable bonds is 2. The molecule has 0 amide bonds. The first kappa shape index (κ1) is 8.73. The van der Waals surface area contributed by atoms with Crippen LogP contribution in [0.4, 0.5) is 11.8 Å². The van der Waals surface area contributed by atoms with Crippen LogP contribution in [-0.2, 0) is 0 Å². The van der Waals surface area contributed by atoms with Crippen LogP contribution in [0.2, 0.25) is 0 Å². The lowest BCUT2D eigenvalue weighted by Gasteiger charge is -2.18. The van der Waals surface area contributed by atoms with Crippen molar-refractivity contribution in [1.82, 2.24) is 4.48 Å². The second kappa shape index (κ2) is 2.60. The third-order valence-electron chi connectivity index (χ3n) is 1.42. The summed E-state index contributed by atoms with van der Waals surface area (Å²) in [4.78, 5) is 9.70. The molecule has 12 heavy (non-hydrogen) atoms. The second-order valence-corrected chi connectivity index (χ2v) is 3.38. The van der Waals surface area contributed by atoms with E-state index >= 15 is 0 Å². The molecule has 1 aromatic rings. The fourth-order valence-corrected chi connectivity index (χ4v) is 0.776. The van der Waals surface area contributed by atoms with Gasteiger partial charge in [0, 0.05) is 6.07 Å². The number of nitro groups is 1. The van der Waals surface area contributed by atoms with Crippen LogP contribution in [0.3, 0.4) is 0 Å². The Kier molecular flexibility index (Phi) is 1.89. The van der Waals surface area contributed by atoms with Crippen molar-refractivity contribution in [2.75, 3.05) is 21.1 Å². The summed E-state index contributed by atoms with van der Waals surface area (Å²) >= 11 is 0. The van der Waals surface area contributed by atoms with Gasteiger partial charge in [0.25, 0.3) is 0 Å². The lowest BCUT2D eigenvalue weighted by Crippen LogP contribution is -2.34. The van der Waals surface area contributed by atoms with Crippen LogP contribution in [0.15, 0.2) is 16.5 Å². The third kappa shape index (κ3) is 1.62. The molecular weight excluding hydrogens is 160 g/mol. The van der Waals surface area contributed by atoms with Gasteiger partial charge in [-0.25, -0.2) is 0 Å². The Balaban J connectivity index is 3.00. The van der Waals surface area contributed by atoms with Gasteiger partial charge in [-0.3, -0.25) is 14.6 Å². The van der Waals surface area contributed by atoms with Crippen LogP contribution >= 0.6 is 0 Å². The molecule has 0 aliphatic carbocycles. The van der Waals surface area contributed by atoms with Crippen LogP contribution in [0.5, 0.6) is 0 Å². The molecule has 1 aromatic heterocycles. The number of hydrogen-bond acceptors (Lipinski definition) is 3. The molecule has 5 heteroatoms. The molecule has 0 radical (unpaired) electrons. The summed E-state index contributed by atoms with van der Waals surface area (Å²) in [6.45, 7) is 0. The zero-order valence-corrected chi connectivity index (χ0v) is 7.27. The first-order valence-electron chi connectivity index (χ1n) is 3.47. The highest BCUT2D eigenvalue weighted by Crippen LogP contribution is 2.24. The molecule has 0 saturated carbocycles. The molecule has 0 spiro atoms. The van der Waals surface area contributed by atoms with E-state index in [1.165, 1.54) is 6.07 Å². The second-order valence-electron chi connectivity index (χ2n) is 3.38. The Morgan fingerprint density at radius 3 is 2.25 bits per heavy atom. The predicted molar refractivity (Wildman–Crippen MR) is 44.9 cm³/mol. The van der Waals surface area contributed by atoms with E-state index in [1.807, 2.05) is 21.1 Å². The molecule has 66 valence electrons. The molecule has 0 bridgehead atoms. The molecule has 0 N–H and O–H groups in total. The van der Waals surface area contributed by atoms with Gasteiger partial charge in [0.05, 0.1) is 27.2 Å². The van der Waals surface area contributed by atoms with Crippen molar-refractivity contribution in [2.45, 2.75) is 0 Å². The summed E-state index contributed by atoms with van der Waals surface area (Å²) in [5.41, 5.74) is 0. The highest BCUT2D eigenvalue weighted by atomic mass is 16.6. The van der Waals surface area contributed by atoms with E-state index in [4.69, 9.17) is 4.42 Å². The number of nitrogens with zero attached hydrogens (tertiary/aromatic N) is 2. The molecular formula is C7H11N2O3+. The first-order valence-corrected chi connectivity index (χ1v) is 3.47. The highest BCUT2D eigenvalue weighted by Gasteiger charge is 2.21. The van der Waals surface area contributed by atoms with E-state index in [2.05, 4.69) is 0 Å². The quantitative estimate of drug-likeness (QED) is 0.383. The fraction of sp³-hybridized carbons (Fsp3) is 0.429. The number of quaternary nitrogens is 1. The Bertz CT molecular complexity index is 298. The van der Waals surface area contributed by atoms with E-state index < -0.39 is 4.92 Å². The standard InChI is InChI=1S/C7H11N2O3/c1-9(2,3)7-5-4-6(12-7)8(10)11/h4-5H,1-3H3/q+1. The average molecular weight is 171 g/mol. The first-order chi connectivity index (χ1) is 5.41. The van der Waals surface area contributed by atoms with Crippen molar-refractivity contribution < 1.29 is 9.34 Å². The zero-order chi connectivity index (χ0) is 9.35. The van der Waals surface area contributed by atoms with Crippen LogP contribution < -0.4 is 4.48 Å². The van der Waals surface area contributed by atoms with Gasteiger partial charge in [0.2, 0.25) is 0 Å². The van der Waals surface area contributed by atoms with Gasteiger partial charge in [0.1, 0.15) is 4.92 Å². The summed E-state index contributed by atoms with van der Waals surface area (Å²) < 4.78 is 5.42. The SMILES string of the molecule is C[N+](C)(C)c1ccc([N+](=O)[O-])o1. The monoisotopic (exact) mass is 171 g/mol. The van der Waals surface area contributed by atoms with Gasteiger partial charge in [-0.1, -0.05) is 0 Å². The molecule has 0 fully saturated rings. The largest absolute Gasteiger partial charge is 0.437 e. The van der Waals surface area contributed by atoms with Crippen molar-refractivity contribution >= 4 is 11.8 Å². The van der Waals surface area contributed by atoms with E-state index in [-0.39, 0.29) is 5.88 Å². The van der Waals surface area contributed by atoms with E-state index in [1.54, 1.807) is 6.07 Å². The zero-order valence-electron chi connectivity index (χ0n) is 7.27. The van der Waals surface area contributed by atoms with Gasteiger partial charge in [-0.2, -0.15) is 0 Å². The van der Waals surface area contributed by atoms with E-state index in [0.717, 1.165) is 0 Å². The van der Waals surface area contributed by atoms with Crippen molar-refractivity contribution in [1.29, 1.82) is 0 Å². The van der Waals surface area contributed by atoms with Crippen LogP contribution in [0.25, 0.3) is 0 Å². The minimum Gasteiger partial charge on any atom is -0.353 e. The van der Waals surface area contributed by atoms with Crippen LogP contribution in [-0.4, -0.2) is 26.1 Å². The molecule has 0 aromatic carbocycles. The fourth-order valence-electron chi connectivity index (χ4n) is 0.776. The van der Waals surface area contributed by atoms with Gasteiger partial charge >= 0.3 is 11.8 Å². The molecule has 1 rings (SSSR count). The van der Waals surface area contributed by atoms with Gasteiger partial charge in [-0.05, 0) is 0 Å². The summed E-state index contributed by atoms with van der Waals surface area (Å²) in [5.74, 6) is 0.361. The minimum absolute atomic E-state index is 0.210. The molecule has 0 aliphatic heterocycles. The summed E-state index contributed by atoms with van der Waals surface area (Å²) in [6, 6.07) is 2.97. The van der Waals surface area contributed by atoms with E-state index in [0.29, 0.717) is 10.4 Å². The number of hydrogen-bond donors (Lipinski definition) is 0. The Hall–Kier alpha value is -1.36. The summed E-state index contributed by atoms with van der Waals surface area (Å²) in [7, 11) is 5.63.